The van der Waals surface area contributed by atoms with Crippen molar-refractivity contribution in [1.29, 1.82) is 0 Å². The molecule has 3 aliphatic rings. The lowest BCUT2D eigenvalue weighted by atomic mass is 9.77. The molecule has 6 rings (SSSR count). The molecule has 2 fully saturated rings. The number of hydrogen-bond donors (Lipinski definition) is 0. The van der Waals surface area contributed by atoms with Gasteiger partial charge in [0.25, 0.3) is 0 Å². The predicted molar refractivity (Wildman–Crippen MR) is 122 cm³/mol. The molecule has 0 saturated carbocycles. The molecule has 2 amide bonds. The molecule has 0 unspecified atom stereocenters. The molecule has 2 aliphatic heterocycles. The van der Waals surface area contributed by atoms with Crippen molar-refractivity contribution < 1.29 is 23.9 Å². The molecule has 0 aromatic heterocycles. The molecule has 2 heterocycles. The van der Waals surface area contributed by atoms with Crippen molar-refractivity contribution in [3.05, 3.63) is 100 Å². The minimum absolute atomic E-state index is 0.219. The monoisotopic (exact) mass is 501 g/mol. The highest BCUT2D eigenvalue weighted by Crippen LogP contribution is 2.57. The molecule has 3 aromatic rings. The Kier molecular flexibility index (Phi) is 4.31. The summed E-state index contributed by atoms with van der Waals surface area (Å²) >= 11 is 3.39. The summed E-state index contributed by atoms with van der Waals surface area (Å²) in [5.74, 6) is -4.43. The first-order valence-corrected chi connectivity index (χ1v) is 11.3. The number of carbonyl (C=O) groups is 4. The van der Waals surface area contributed by atoms with Gasteiger partial charge >= 0.3 is 0 Å². The molecule has 162 valence electrons. The van der Waals surface area contributed by atoms with E-state index in [0.717, 1.165) is 9.37 Å². The van der Waals surface area contributed by atoms with E-state index in [2.05, 4.69) is 15.9 Å². The normalized spacial score (nSPS) is 25.1. The van der Waals surface area contributed by atoms with Crippen molar-refractivity contribution in [2.45, 2.75) is 11.7 Å². The summed E-state index contributed by atoms with van der Waals surface area (Å²) < 4.78 is 7.08. The Bertz CT molecular complexity index is 1320. The maximum atomic E-state index is 13.7. The van der Waals surface area contributed by atoms with Crippen LogP contribution >= 0.6 is 15.9 Å². The van der Waals surface area contributed by atoms with Crippen molar-refractivity contribution in [3.63, 3.8) is 0 Å². The fourth-order valence-corrected chi connectivity index (χ4v) is 5.57. The maximum Gasteiger partial charge on any atom is 0.241 e. The smallest absolute Gasteiger partial charge is 0.241 e. The summed E-state index contributed by atoms with van der Waals surface area (Å²) in [5.41, 5.74) is -0.588. The molecule has 0 radical (unpaired) electrons. The van der Waals surface area contributed by atoms with Crippen LogP contribution in [0.1, 0.15) is 32.4 Å². The van der Waals surface area contributed by atoms with Crippen LogP contribution in [-0.4, -0.2) is 29.0 Å². The van der Waals surface area contributed by atoms with E-state index >= 15 is 0 Å². The number of halogens is 1. The minimum atomic E-state index is -2.05. The van der Waals surface area contributed by atoms with Crippen LogP contribution in [0.25, 0.3) is 0 Å². The summed E-state index contributed by atoms with van der Waals surface area (Å²) in [6, 6.07) is 22.1. The molecule has 0 bridgehead atoms. The van der Waals surface area contributed by atoms with Gasteiger partial charge in [-0.25, -0.2) is 4.90 Å². The van der Waals surface area contributed by atoms with Crippen molar-refractivity contribution in [1.82, 2.24) is 0 Å². The molecule has 3 atom stereocenters. The van der Waals surface area contributed by atoms with Gasteiger partial charge in [0.05, 0.1) is 23.6 Å². The van der Waals surface area contributed by atoms with Crippen molar-refractivity contribution in [3.8, 4) is 0 Å². The van der Waals surface area contributed by atoms with Gasteiger partial charge in [-0.1, -0.05) is 70.5 Å². The number of hydrogen-bond acceptors (Lipinski definition) is 5. The van der Waals surface area contributed by atoms with Crippen molar-refractivity contribution in [2.75, 3.05) is 4.90 Å². The topological polar surface area (TPSA) is 80.8 Å². The standard InChI is InChI=1S/C26H16BrNO5/c27-15-12-10-14(11-13-15)21-19-20(25(32)28(24(19)31)16-6-2-1-3-7-16)26(33-21)22(29)17-8-4-5-9-18(17)23(26)30/h1-13,19-21H/t19-,20-,21-/m0/s1. The predicted octanol–water partition coefficient (Wildman–Crippen LogP) is 4.14. The van der Waals surface area contributed by atoms with E-state index in [0.29, 0.717) is 11.3 Å². The first-order valence-electron chi connectivity index (χ1n) is 10.5. The van der Waals surface area contributed by atoms with E-state index in [-0.39, 0.29) is 11.1 Å². The number of imide groups is 1. The number of anilines is 1. The van der Waals surface area contributed by atoms with Gasteiger partial charge in [-0.05, 0) is 29.8 Å². The fraction of sp³-hybridized carbons (Fsp3) is 0.154. The molecular weight excluding hydrogens is 486 g/mol. The summed E-state index contributed by atoms with van der Waals surface area (Å²) in [7, 11) is 0. The molecule has 0 N–H and O–H groups in total. The third-order valence-corrected chi connectivity index (χ3v) is 7.26. The quantitative estimate of drug-likeness (QED) is 0.389. The second-order valence-corrected chi connectivity index (χ2v) is 9.30. The number of ether oxygens (including phenoxy) is 1. The zero-order chi connectivity index (χ0) is 22.9. The Morgan fingerprint density at radius 1 is 0.727 bits per heavy atom. The molecule has 1 spiro atoms. The average Bonchev–Trinajstić information content (AvgIpc) is 3.40. The molecule has 3 aromatic carbocycles. The van der Waals surface area contributed by atoms with Gasteiger partial charge in [-0.3, -0.25) is 19.2 Å². The third kappa shape index (κ3) is 2.57. The highest BCUT2D eigenvalue weighted by Gasteiger charge is 2.74. The van der Waals surface area contributed by atoms with Crippen LogP contribution < -0.4 is 4.90 Å². The minimum Gasteiger partial charge on any atom is -0.349 e. The zero-order valence-corrected chi connectivity index (χ0v) is 18.7. The number of para-hydroxylation sites is 1. The van der Waals surface area contributed by atoms with Crippen LogP contribution in [0.4, 0.5) is 5.69 Å². The number of nitrogens with zero attached hydrogens (tertiary/aromatic N) is 1. The fourth-order valence-electron chi connectivity index (χ4n) is 5.30. The Morgan fingerprint density at radius 3 is 1.91 bits per heavy atom. The van der Waals surface area contributed by atoms with Gasteiger partial charge in [0, 0.05) is 15.6 Å². The molecule has 2 saturated heterocycles. The van der Waals surface area contributed by atoms with Crippen molar-refractivity contribution in [2.24, 2.45) is 11.8 Å². The largest absolute Gasteiger partial charge is 0.349 e. The van der Waals surface area contributed by atoms with Gasteiger partial charge in [0.2, 0.25) is 29.0 Å². The molecule has 33 heavy (non-hydrogen) atoms. The lowest BCUT2D eigenvalue weighted by molar-refractivity contribution is -0.127. The summed E-state index contributed by atoms with van der Waals surface area (Å²) in [6.07, 6.45) is -0.921. The highest BCUT2D eigenvalue weighted by molar-refractivity contribution is 9.10. The lowest BCUT2D eigenvalue weighted by Gasteiger charge is -2.27. The van der Waals surface area contributed by atoms with Gasteiger partial charge in [-0.15, -0.1) is 0 Å². The van der Waals surface area contributed by atoms with E-state index < -0.39 is 46.9 Å². The Balaban J connectivity index is 1.55. The maximum absolute atomic E-state index is 13.7. The number of amides is 2. The summed E-state index contributed by atoms with van der Waals surface area (Å²) in [5, 5.41) is 0. The van der Waals surface area contributed by atoms with Gasteiger partial charge in [0.1, 0.15) is 0 Å². The average molecular weight is 502 g/mol. The number of carbonyl (C=O) groups excluding carboxylic acids is 4. The Morgan fingerprint density at radius 2 is 1.30 bits per heavy atom. The Labute approximate surface area is 197 Å². The first kappa shape index (κ1) is 20.2. The van der Waals surface area contributed by atoms with Crippen LogP contribution in [0.15, 0.2) is 83.3 Å². The van der Waals surface area contributed by atoms with Crippen LogP contribution in [0, 0.1) is 11.8 Å². The second kappa shape index (κ2) is 7.04. The number of rotatable bonds is 2. The number of ketones is 2. The van der Waals surface area contributed by atoms with E-state index in [1.807, 2.05) is 0 Å². The second-order valence-electron chi connectivity index (χ2n) is 8.38. The van der Waals surface area contributed by atoms with Crippen LogP contribution in [0.5, 0.6) is 0 Å². The molecular formula is C26H16BrNO5. The zero-order valence-electron chi connectivity index (χ0n) is 17.1. The van der Waals surface area contributed by atoms with Crippen LogP contribution in [-0.2, 0) is 14.3 Å². The lowest BCUT2D eigenvalue weighted by Crippen LogP contribution is -2.51. The van der Waals surface area contributed by atoms with E-state index in [1.165, 1.54) is 0 Å². The van der Waals surface area contributed by atoms with E-state index in [4.69, 9.17) is 4.74 Å². The number of benzene rings is 3. The van der Waals surface area contributed by atoms with Crippen LogP contribution in [0.2, 0.25) is 0 Å². The van der Waals surface area contributed by atoms with Gasteiger partial charge in [0.15, 0.2) is 0 Å². The highest BCUT2D eigenvalue weighted by atomic mass is 79.9. The van der Waals surface area contributed by atoms with Gasteiger partial charge < -0.3 is 4.74 Å². The molecule has 1 aliphatic carbocycles. The third-order valence-electron chi connectivity index (χ3n) is 6.73. The first-order chi connectivity index (χ1) is 15.9. The van der Waals surface area contributed by atoms with Crippen LogP contribution in [0.3, 0.4) is 0 Å². The molecule has 7 heteroatoms. The SMILES string of the molecule is O=C1[C@H]2[C@@H](C(=O)N1c1ccccc1)C1(O[C@H]2c2ccc(Br)cc2)C(=O)c2ccccc2C1=O. The van der Waals surface area contributed by atoms with Gasteiger partial charge in [-0.2, -0.15) is 0 Å². The summed E-state index contributed by atoms with van der Waals surface area (Å²) in [6.45, 7) is 0. The number of Topliss-reactive ketones (excluding diaryl/α,β-unsaturated/α-hetero) is 2. The van der Waals surface area contributed by atoms with E-state index in [1.54, 1.807) is 78.9 Å². The Hall–Kier alpha value is -3.42. The molecule has 6 nitrogen and oxygen atoms in total. The number of fused-ring (bicyclic) bond motifs is 3. The summed E-state index contributed by atoms with van der Waals surface area (Å²) in [4.78, 5) is 55.8. The van der Waals surface area contributed by atoms with E-state index in [9.17, 15) is 19.2 Å². The van der Waals surface area contributed by atoms with Crippen molar-refractivity contribution >= 4 is 45.0 Å².